The van der Waals surface area contributed by atoms with Crippen LogP contribution in [0.2, 0.25) is 0 Å². The molecular weight excluding hydrogens is 450 g/mol. The first kappa shape index (κ1) is 22.3. The summed E-state index contributed by atoms with van der Waals surface area (Å²) >= 11 is 1.18. The van der Waals surface area contributed by atoms with E-state index in [1.165, 1.54) is 17.3 Å². The lowest BCUT2D eigenvalue weighted by Crippen LogP contribution is -2.45. The van der Waals surface area contributed by atoms with Crippen molar-refractivity contribution in [3.63, 3.8) is 0 Å². The number of fused-ring (bicyclic) bond motifs is 2. The molecule has 2 aromatic carbocycles. The normalized spacial score (nSPS) is 17.1. The molecule has 34 heavy (non-hydrogen) atoms. The second kappa shape index (κ2) is 8.39. The van der Waals surface area contributed by atoms with Crippen LogP contribution in [0.15, 0.2) is 62.9 Å². The fourth-order valence-electron chi connectivity index (χ4n) is 4.58. The van der Waals surface area contributed by atoms with E-state index in [-0.39, 0.29) is 22.6 Å². The fraction of sp³-hybridized carbons (Fsp3) is 0.320. The van der Waals surface area contributed by atoms with Gasteiger partial charge in [-0.05, 0) is 66.4 Å². The molecule has 1 aliphatic heterocycles. The van der Waals surface area contributed by atoms with Crippen molar-refractivity contribution in [3.8, 4) is 5.69 Å². The van der Waals surface area contributed by atoms with E-state index in [4.69, 9.17) is 4.42 Å². The first-order valence-electron chi connectivity index (χ1n) is 11.1. The molecule has 1 aliphatic rings. The molecule has 9 heteroatoms. The number of hydrogen-bond acceptors (Lipinski definition) is 8. The zero-order chi connectivity index (χ0) is 24.0. The molecule has 3 heterocycles. The summed E-state index contributed by atoms with van der Waals surface area (Å²) in [5, 5.41) is 13.0. The van der Waals surface area contributed by atoms with Crippen molar-refractivity contribution in [2.45, 2.75) is 43.8 Å². The molecule has 0 fully saturated rings. The van der Waals surface area contributed by atoms with Gasteiger partial charge in [0.1, 0.15) is 11.1 Å². The van der Waals surface area contributed by atoms with Gasteiger partial charge in [0.15, 0.2) is 5.78 Å². The average Bonchev–Trinajstić information content (AvgIpc) is 3.29. The predicted molar refractivity (Wildman–Crippen MR) is 132 cm³/mol. The van der Waals surface area contributed by atoms with Crippen molar-refractivity contribution < 1.29 is 9.21 Å². The van der Waals surface area contributed by atoms with Gasteiger partial charge in [-0.2, -0.15) is 4.68 Å². The molecule has 0 saturated heterocycles. The van der Waals surface area contributed by atoms with E-state index in [2.05, 4.69) is 48.2 Å². The Morgan fingerprint density at radius 1 is 1.21 bits per heavy atom. The Morgan fingerprint density at radius 2 is 1.97 bits per heavy atom. The molecule has 0 unspecified atom stereocenters. The Morgan fingerprint density at radius 3 is 2.74 bits per heavy atom. The van der Waals surface area contributed by atoms with Crippen molar-refractivity contribution in [2.75, 3.05) is 17.7 Å². The highest BCUT2D eigenvalue weighted by atomic mass is 32.2. The summed E-state index contributed by atoms with van der Waals surface area (Å²) in [5.41, 5.74) is 2.93. The van der Waals surface area contributed by atoms with E-state index in [1.54, 1.807) is 10.7 Å². The summed E-state index contributed by atoms with van der Waals surface area (Å²) in [5.74, 6) is 0.0400. The molecule has 1 atom stereocenters. The van der Waals surface area contributed by atoms with Gasteiger partial charge in [0.25, 0.3) is 0 Å². The zero-order valence-corrected chi connectivity index (χ0v) is 20.3. The second-order valence-corrected chi connectivity index (χ2v) is 10.2. The van der Waals surface area contributed by atoms with Crippen molar-refractivity contribution in [1.29, 1.82) is 0 Å². The molecule has 0 amide bonds. The predicted octanol–water partition coefficient (Wildman–Crippen LogP) is 4.47. The summed E-state index contributed by atoms with van der Waals surface area (Å²) in [6.45, 7) is 6.62. The molecule has 8 nitrogen and oxygen atoms in total. The molecule has 5 rings (SSSR count). The number of tetrazole rings is 1. The van der Waals surface area contributed by atoms with Crippen LogP contribution < -0.4 is 10.5 Å². The van der Waals surface area contributed by atoms with Crippen LogP contribution in [0.1, 0.15) is 49.0 Å². The smallest absolute Gasteiger partial charge is 0.347 e. The van der Waals surface area contributed by atoms with Crippen LogP contribution in [0.4, 0.5) is 5.69 Å². The molecular formula is C25H25N5O3S. The first-order valence-corrected chi connectivity index (χ1v) is 12.1. The van der Waals surface area contributed by atoms with Crippen molar-refractivity contribution in [1.82, 2.24) is 20.2 Å². The average molecular weight is 476 g/mol. The summed E-state index contributed by atoms with van der Waals surface area (Å²) in [6, 6.07) is 15.0. The van der Waals surface area contributed by atoms with Gasteiger partial charge in [0, 0.05) is 29.7 Å². The van der Waals surface area contributed by atoms with Gasteiger partial charge in [-0.15, -0.1) is 5.10 Å². The summed E-state index contributed by atoms with van der Waals surface area (Å²) in [7, 11) is 2.06. The highest BCUT2D eigenvalue weighted by Crippen LogP contribution is 2.43. The van der Waals surface area contributed by atoms with Crippen LogP contribution >= 0.6 is 11.8 Å². The third-order valence-corrected chi connectivity index (χ3v) is 7.48. The number of ketones is 1. The highest BCUT2D eigenvalue weighted by molar-refractivity contribution is 7.99. The van der Waals surface area contributed by atoms with Gasteiger partial charge in [0.05, 0.1) is 11.4 Å². The van der Waals surface area contributed by atoms with Crippen LogP contribution in [0.3, 0.4) is 0 Å². The van der Waals surface area contributed by atoms with Crippen molar-refractivity contribution >= 4 is 34.2 Å². The third kappa shape index (κ3) is 3.90. The Bertz CT molecular complexity index is 1440. The van der Waals surface area contributed by atoms with Gasteiger partial charge in [-0.3, -0.25) is 4.79 Å². The number of nitrogens with zero attached hydrogens (tertiary/aromatic N) is 5. The molecule has 2 aromatic heterocycles. The topological polar surface area (TPSA) is 94.1 Å². The Hall–Kier alpha value is -3.46. The fourth-order valence-corrected chi connectivity index (χ4v) is 5.36. The number of aromatic nitrogens is 4. The molecule has 0 N–H and O–H groups in total. The molecule has 0 radical (unpaired) electrons. The monoisotopic (exact) mass is 475 g/mol. The lowest BCUT2D eigenvalue weighted by Gasteiger charge is -2.45. The van der Waals surface area contributed by atoms with Gasteiger partial charge >= 0.3 is 5.63 Å². The zero-order valence-electron chi connectivity index (χ0n) is 19.5. The summed E-state index contributed by atoms with van der Waals surface area (Å²) in [6.07, 6.45) is 1.01. The standard InChI is InChI=1S/C25H25N5O3S/c1-15-13-25(2,3)29(4)20-12-22-16(10-18(15)20)11-19(23(32)33-22)21(31)14-34-24-26-27-28-30(24)17-8-6-5-7-9-17/h5-12,15H,13-14H2,1-4H3/t15-/m0/s1. The number of hydrogen-bond donors (Lipinski definition) is 0. The van der Waals surface area contributed by atoms with Crippen molar-refractivity contribution in [3.05, 3.63) is 70.1 Å². The van der Waals surface area contributed by atoms with Gasteiger partial charge in [0.2, 0.25) is 5.16 Å². The lowest BCUT2D eigenvalue weighted by atomic mass is 9.80. The molecule has 4 aromatic rings. The first-order chi connectivity index (χ1) is 16.2. The maximum Gasteiger partial charge on any atom is 0.347 e. The SMILES string of the molecule is C[C@H]1CC(C)(C)N(C)c2cc3oc(=O)c(C(=O)CSc4nnnn4-c4ccccc4)cc3cc21. The maximum atomic E-state index is 13.0. The molecule has 0 bridgehead atoms. The van der Waals surface area contributed by atoms with Gasteiger partial charge < -0.3 is 9.32 Å². The van der Waals surface area contributed by atoms with E-state index in [0.717, 1.165) is 23.2 Å². The minimum Gasteiger partial charge on any atom is -0.422 e. The number of para-hydroxylation sites is 1. The third-order valence-electron chi connectivity index (χ3n) is 6.56. The van der Waals surface area contributed by atoms with Crippen LogP contribution in [0.5, 0.6) is 0 Å². The van der Waals surface area contributed by atoms with E-state index >= 15 is 0 Å². The number of carbonyl (C=O) groups is 1. The van der Waals surface area contributed by atoms with Gasteiger partial charge in [-0.1, -0.05) is 36.9 Å². The quantitative estimate of drug-likeness (QED) is 0.237. The molecule has 0 saturated carbocycles. The minimum absolute atomic E-state index is 0.00266. The number of Topliss-reactive ketones (excluding diaryl/α,β-unsaturated/α-hetero) is 1. The van der Waals surface area contributed by atoms with E-state index in [0.29, 0.717) is 16.7 Å². The van der Waals surface area contributed by atoms with Crippen molar-refractivity contribution in [2.24, 2.45) is 0 Å². The number of carbonyl (C=O) groups excluding carboxylic acids is 1. The summed E-state index contributed by atoms with van der Waals surface area (Å²) in [4.78, 5) is 27.9. The Balaban J connectivity index is 1.43. The van der Waals surface area contributed by atoms with Crippen LogP contribution in [0.25, 0.3) is 16.7 Å². The lowest BCUT2D eigenvalue weighted by molar-refractivity contribution is 0.101. The maximum absolute atomic E-state index is 13.0. The Kier molecular flexibility index (Phi) is 5.51. The molecule has 0 aliphatic carbocycles. The molecule has 0 spiro atoms. The Labute approximate surface area is 201 Å². The summed E-state index contributed by atoms with van der Waals surface area (Å²) < 4.78 is 7.17. The second-order valence-electron chi connectivity index (χ2n) is 9.29. The highest BCUT2D eigenvalue weighted by Gasteiger charge is 2.34. The largest absolute Gasteiger partial charge is 0.422 e. The minimum atomic E-state index is -0.633. The van der Waals surface area contributed by atoms with Crippen LogP contribution in [-0.4, -0.2) is 44.3 Å². The van der Waals surface area contributed by atoms with Gasteiger partial charge in [-0.25, -0.2) is 4.79 Å². The van der Waals surface area contributed by atoms with Crippen LogP contribution in [-0.2, 0) is 0 Å². The number of thioether (sulfide) groups is 1. The number of anilines is 1. The number of rotatable bonds is 5. The number of benzene rings is 2. The van der Waals surface area contributed by atoms with E-state index in [9.17, 15) is 9.59 Å². The van der Waals surface area contributed by atoms with Crippen LogP contribution in [0, 0.1) is 0 Å². The van der Waals surface area contributed by atoms with E-state index < -0.39 is 5.63 Å². The molecule has 174 valence electrons. The van der Waals surface area contributed by atoms with E-state index in [1.807, 2.05) is 42.5 Å².